The Labute approximate surface area is 123 Å². The van der Waals surface area contributed by atoms with Gasteiger partial charge in [0.15, 0.2) is 0 Å². The molecule has 0 spiro atoms. The molecule has 96 valence electrons. The fraction of sp³-hybridized carbons (Fsp3) is 0.364. The summed E-state index contributed by atoms with van der Waals surface area (Å²) in [7, 11) is 0. The highest BCUT2D eigenvalue weighted by Gasteiger charge is 2.21. The number of carbonyl (C=O) groups excluding carboxylic acids is 1. The highest BCUT2D eigenvalue weighted by molar-refractivity contribution is 14.1. The summed E-state index contributed by atoms with van der Waals surface area (Å²) in [5.41, 5.74) is 0.0127. The molecule has 0 N–H and O–H groups in total. The van der Waals surface area contributed by atoms with E-state index in [1.807, 2.05) is 22.6 Å². The van der Waals surface area contributed by atoms with Gasteiger partial charge in [0.1, 0.15) is 20.0 Å². The molecule has 0 aliphatic heterocycles. The lowest BCUT2D eigenvalue weighted by Crippen LogP contribution is -2.27. The zero-order chi connectivity index (χ0) is 13.5. The SMILES string of the molecule is CC(C)(C)OC(=O)n1nc(I)c2cc(Cl)ncc21. The number of pyridine rings is 1. The molecule has 0 aromatic carbocycles. The molecule has 2 rings (SSSR count). The first kappa shape index (κ1) is 13.5. The lowest BCUT2D eigenvalue weighted by atomic mass is 10.2. The maximum absolute atomic E-state index is 12.0. The van der Waals surface area contributed by atoms with Crippen LogP contribution in [0.1, 0.15) is 20.8 Å². The highest BCUT2D eigenvalue weighted by Crippen LogP contribution is 2.23. The van der Waals surface area contributed by atoms with Gasteiger partial charge in [-0.05, 0) is 49.4 Å². The molecule has 0 aliphatic rings. The van der Waals surface area contributed by atoms with E-state index in [-0.39, 0.29) is 0 Å². The molecular weight excluding hydrogens is 368 g/mol. The molecule has 18 heavy (non-hydrogen) atoms. The molecular formula is C11H11ClIN3O2. The average molecular weight is 380 g/mol. The number of halogens is 2. The van der Waals surface area contributed by atoms with Crippen molar-refractivity contribution in [2.24, 2.45) is 0 Å². The van der Waals surface area contributed by atoms with Crippen molar-refractivity contribution in [2.75, 3.05) is 0 Å². The van der Waals surface area contributed by atoms with Crippen molar-refractivity contribution in [3.63, 3.8) is 0 Å². The molecule has 7 heteroatoms. The van der Waals surface area contributed by atoms with Crippen molar-refractivity contribution < 1.29 is 9.53 Å². The number of carbonyl (C=O) groups is 1. The summed E-state index contributed by atoms with van der Waals surface area (Å²) in [5.74, 6) is 0. The first-order valence-electron chi connectivity index (χ1n) is 5.21. The molecule has 0 bridgehead atoms. The van der Waals surface area contributed by atoms with Gasteiger partial charge in [-0.25, -0.2) is 9.78 Å². The Kier molecular flexibility index (Phi) is 3.50. The second-order valence-corrected chi connectivity index (χ2v) is 6.12. The van der Waals surface area contributed by atoms with Gasteiger partial charge in [0.25, 0.3) is 0 Å². The number of rotatable bonds is 0. The Morgan fingerprint density at radius 1 is 1.50 bits per heavy atom. The Morgan fingerprint density at radius 2 is 2.17 bits per heavy atom. The van der Waals surface area contributed by atoms with E-state index in [0.717, 1.165) is 5.39 Å². The van der Waals surface area contributed by atoms with E-state index in [0.29, 0.717) is 14.4 Å². The van der Waals surface area contributed by atoms with Crippen LogP contribution >= 0.6 is 34.2 Å². The van der Waals surface area contributed by atoms with E-state index in [4.69, 9.17) is 16.3 Å². The number of nitrogens with zero attached hydrogens (tertiary/aromatic N) is 3. The zero-order valence-electron chi connectivity index (χ0n) is 10.1. The maximum Gasteiger partial charge on any atom is 0.435 e. The molecule has 0 unspecified atom stereocenters. The van der Waals surface area contributed by atoms with Gasteiger partial charge in [-0.2, -0.15) is 9.78 Å². The predicted octanol–water partition coefficient (Wildman–Crippen LogP) is 3.47. The van der Waals surface area contributed by atoms with Crippen LogP contribution in [0.15, 0.2) is 12.3 Å². The van der Waals surface area contributed by atoms with Gasteiger partial charge in [0.2, 0.25) is 0 Å². The average Bonchev–Trinajstić information content (AvgIpc) is 2.54. The number of hydrogen-bond donors (Lipinski definition) is 0. The van der Waals surface area contributed by atoms with Gasteiger partial charge in [-0.1, -0.05) is 11.6 Å². The van der Waals surface area contributed by atoms with Crippen LogP contribution in [-0.4, -0.2) is 26.5 Å². The van der Waals surface area contributed by atoms with E-state index in [1.54, 1.807) is 26.8 Å². The summed E-state index contributed by atoms with van der Waals surface area (Å²) in [6, 6.07) is 1.67. The normalized spacial score (nSPS) is 11.8. The van der Waals surface area contributed by atoms with E-state index in [2.05, 4.69) is 10.1 Å². The second kappa shape index (κ2) is 4.65. The van der Waals surface area contributed by atoms with Crippen LogP contribution in [0.3, 0.4) is 0 Å². The van der Waals surface area contributed by atoms with Crippen molar-refractivity contribution in [1.29, 1.82) is 0 Å². The molecule has 0 atom stereocenters. The third-order valence-corrected chi connectivity index (χ3v) is 3.06. The molecule has 2 aromatic heterocycles. The highest BCUT2D eigenvalue weighted by atomic mass is 127. The molecule has 0 saturated heterocycles. The minimum atomic E-state index is -0.569. The fourth-order valence-corrected chi connectivity index (χ4v) is 2.20. The van der Waals surface area contributed by atoms with Crippen molar-refractivity contribution in [3.05, 3.63) is 21.1 Å². The van der Waals surface area contributed by atoms with E-state index < -0.39 is 11.7 Å². The van der Waals surface area contributed by atoms with Gasteiger partial charge >= 0.3 is 6.09 Å². The van der Waals surface area contributed by atoms with Crippen LogP contribution < -0.4 is 0 Å². The first-order valence-corrected chi connectivity index (χ1v) is 6.67. The van der Waals surface area contributed by atoms with Crippen LogP contribution in [0, 0.1) is 3.70 Å². The summed E-state index contributed by atoms with van der Waals surface area (Å²) in [4.78, 5) is 15.9. The number of ether oxygens (including phenoxy) is 1. The quantitative estimate of drug-likeness (QED) is 0.519. The molecule has 0 amide bonds. The second-order valence-electron chi connectivity index (χ2n) is 4.71. The predicted molar refractivity (Wildman–Crippen MR) is 76.9 cm³/mol. The summed E-state index contributed by atoms with van der Waals surface area (Å²) >= 11 is 7.86. The monoisotopic (exact) mass is 379 g/mol. The summed E-state index contributed by atoms with van der Waals surface area (Å²) in [5, 5.41) is 5.29. The molecule has 0 radical (unpaired) electrons. The maximum atomic E-state index is 12.0. The molecule has 2 aromatic rings. The van der Waals surface area contributed by atoms with Gasteiger partial charge in [-0.15, -0.1) is 0 Å². The largest absolute Gasteiger partial charge is 0.442 e. The number of aromatic nitrogens is 3. The molecule has 0 fully saturated rings. The van der Waals surface area contributed by atoms with Crippen LogP contribution in [0.4, 0.5) is 4.79 Å². The van der Waals surface area contributed by atoms with Crippen molar-refractivity contribution >= 4 is 51.2 Å². The first-order chi connectivity index (χ1) is 8.28. The van der Waals surface area contributed by atoms with Gasteiger partial charge in [0, 0.05) is 5.39 Å². The topological polar surface area (TPSA) is 57.0 Å². The van der Waals surface area contributed by atoms with E-state index in [9.17, 15) is 4.79 Å². The summed E-state index contributed by atoms with van der Waals surface area (Å²) < 4.78 is 7.15. The Morgan fingerprint density at radius 3 is 2.78 bits per heavy atom. The fourth-order valence-electron chi connectivity index (χ4n) is 1.40. The minimum absolute atomic E-state index is 0.365. The lowest BCUT2D eigenvalue weighted by Gasteiger charge is -2.19. The Balaban J connectivity index is 2.49. The van der Waals surface area contributed by atoms with Gasteiger partial charge < -0.3 is 4.74 Å². The van der Waals surface area contributed by atoms with E-state index >= 15 is 0 Å². The minimum Gasteiger partial charge on any atom is -0.442 e. The zero-order valence-corrected chi connectivity index (χ0v) is 13.0. The summed E-state index contributed by atoms with van der Waals surface area (Å²) in [6.45, 7) is 5.41. The molecule has 5 nitrogen and oxygen atoms in total. The molecule has 0 aliphatic carbocycles. The lowest BCUT2D eigenvalue weighted by molar-refractivity contribution is 0.0522. The third kappa shape index (κ3) is 2.74. The molecule has 2 heterocycles. The summed E-state index contributed by atoms with van der Waals surface area (Å²) in [6.07, 6.45) is 0.982. The van der Waals surface area contributed by atoms with Crippen molar-refractivity contribution in [2.45, 2.75) is 26.4 Å². The number of fused-ring (bicyclic) bond motifs is 1. The van der Waals surface area contributed by atoms with Gasteiger partial charge in [-0.3, -0.25) is 0 Å². The van der Waals surface area contributed by atoms with E-state index in [1.165, 1.54) is 10.9 Å². The van der Waals surface area contributed by atoms with Crippen LogP contribution in [0.5, 0.6) is 0 Å². The van der Waals surface area contributed by atoms with Gasteiger partial charge in [0.05, 0.1) is 6.20 Å². The van der Waals surface area contributed by atoms with Crippen molar-refractivity contribution in [1.82, 2.24) is 14.8 Å². The van der Waals surface area contributed by atoms with Crippen LogP contribution in [0.2, 0.25) is 5.15 Å². The Hall–Kier alpha value is -0.890. The smallest absolute Gasteiger partial charge is 0.435 e. The van der Waals surface area contributed by atoms with Crippen LogP contribution in [-0.2, 0) is 4.74 Å². The molecule has 0 saturated carbocycles. The van der Waals surface area contributed by atoms with Crippen molar-refractivity contribution in [3.8, 4) is 0 Å². The number of hydrogen-bond acceptors (Lipinski definition) is 4. The third-order valence-electron chi connectivity index (χ3n) is 2.05. The van der Waals surface area contributed by atoms with Crippen LogP contribution in [0.25, 0.3) is 10.9 Å². The Bertz CT molecular complexity index is 619. The standard InChI is InChI=1S/C11H11ClIN3O2/c1-11(2,3)18-10(17)16-7-5-14-8(12)4-6(7)9(13)15-16/h4-5H,1-3H3.